The Balaban J connectivity index is 1.70. The van der Waals surface area contributed by atoms with Crippen LogP contribution in [0.5, 0.6) is 0 Å². The third-order valence-corrected chi connectivity index (χ3v) is 4.97. The lowest BCUT2D eigenvalue weighted by molar-refractivity contribution is -0.156. The zero-order valence-electron chi connectivity index (χ0n) is 13.0. The van der Waals surface area contributed by atoms with Gasteiger partial charge in [0, 0.05) is 6.04 Å². The fourth-order valence-electron chi connectivity index (χ4n) is 4.18. The smallest absolute Gasteiger partial charge is 0.326 e. The van der Waals surface area contributed by atoms with Gasteiger partial charge in [0.25, 0.3) is 0 Å². The second-order valence-corrected chi connectivity index (χ2v) is 6.91. The van der Waals surface area contributed by atoms with Crippen LogP contribution in [0.15, 0.2) is 30.3 Å². The highest BCUT2D eigenvalue weighted by molar-refractivity contribution is 5.82. The molecule has 1 aromatic rings. The van der Waals surface area contributed by atoms with Crippen molar-refractivity contribution in [3.05, 3.63) is 35.9 Å². The Morgan fingerprint density at radius 2 is 2.10 bits per heavy atom. The Morgan fingerprint density at radius 3 is 2.67 bits per heavy atom. The van der Waals surface area contributed by atoms with Crippen molar-refractivity contribution in [1.82, 2.24) is 5.32 Å². The summed E-state index contributed by atoms with van der Waals surface area (Å²) in [5.74, 6) is 1.10. The first-order valence-corrected chi connectivity index (χ1v) is 8.09. The summed E-state index contributed by atoms with van der Waals surface area (Å²) >= 11 is 0. The van der Waals surface area contributed by atoms with Gasteiger partial charge in [-0.3, -0.25) is 10.1 Å². The highest BCUT2D eigenvalue weighted by Crippen LogP contribution is 2.51. The number of carbonyl (C=O) groups excluding carboxylic acids is 1. The van der Waals surface area contributed by atoms with Gasteiger partial charge in [-0.15, -0.1) is 0 Å². The van der Waals surface area contributed by atoms with Crippen molar-refractivity contribution in [2.45, 2.75) is 57.7 Å². The monoisotopic (exact) mass is 287 g/mol. The highest BCUT2D eigenvalue weighted by Gasteiger charge is 2.56. The summed E-state index contributed by atoms with van der Waals surface area (Å²) in [7, 11) is 0. The summed E-state index contributed by atoms with van der Waals surface area (Å²) in [6, 6.07) is 10.2. The SMILES string of the molecule is CC(C)NC1(C(=O)OCc2ccccc2)CC2CCC1C2. The third kappa shape index (κ3) is 2.84. The van der Waals surface area contributed by atoms with Crippen LogP contribution in [0.2, 0.25) is 0 Å². The van der Waals surface area contributed by atoms with Crippen molar-refractivity contribution in [2.75, 3.05) is 0 Å². The average molecular weight is 287 g/mol. The second kappa shape index (κ2) is 5.80. The molecule has 2 fully saturated rings. The molecule has 0 spiro atoms. The Labute approximate surface area is 127 Å². The summed E-state index contributed by atoms with van der Waals surface area (Å²) in [5.41, 5.74) is 0.611. The number of benzene rings is 1. The van der Waals surface area contributed by atoms with Gasteiger partial charge in [-0.05, 0) is 50.5 Å². The summed E-state index contributed by atoms with van der Waals surface area (Å²) in [5, 5.41) is 3.55. The maximum absolute atomic E-state index is 12.8. The van der Waals surface area contributed by atoms with Crippen molar-refractivity contribution in [3.63, 3.8) is 0 Å². The maximum Gasteiger partial charge on any atom is 0.326 e. The number of esters is 1. The minimum atomic E-state index is -0.439. The van der Waals surface area contributed by atoms with Gasteiger partial charge in [-0.1, -0.05) is 36.8 Å². The van der Waals surface area contributed by atoms with Crippen molar-refractivity contribution < 1.29 is 9.53 Å². The van der Waals surface area contributed by atoms with Crippen LogP contribution in [0.25, 0.3) is 0 Å². The molecule has 3 heteroatoms. The first kappa shape index (κ1) is 14.6. The van der Waals surface area contributed by atoms with Gasteiger partial charge in [-0.2, -0.15) is 0 Å². The quantitative estimate of drug-likeness (QED) is 0.845. The van der Waals surface area contributed by atoms with Crippen molar-refractivity contribution in [1.29, 1.82) is 0 Å². The van der Waals surface area contributed by atoms with E-state index < -0.39 is 5.54 Å². The number of rotatable bonds is 5. The van der Waals surface area contributed by atoms with E-state index in [4.69, 9.17) is 4.74 Å². The van der Waals surface area contributed by atoms with Crippen molar-refractivity contribution in [3.8, 4) is 0 Å². The molecule has 3 unspecified atom stereocenters. The second-order valence-electron chi connectivity index (χ2n) is 6.91. The van der Waals surface area contributed by atoms with E-state index in [0.717, 1.165) is 18.4 Å². The lowest BCUT2D eigenvalue weighted by atomic mass is 9.80. The van der Waals surface area contributed by atoms with Crippen molar-refractivity contribution in [2.24, 2.45) is 11.8 Å². The molecule has 1 N–H and O–H groups in total. The van der Waals surface area contributed by atoms with Crippen molar-refractivity contribution >= 4 is 5.97 Å². The van der Waals surface area contributed by atoms with E-state index in [1.54, 1.807) is 0 Å². The zero-order chi connectivity index (χ0) is 14.9. The molecule has 3 nitrogen and oxygen atoms in total. The van der Waals surface area contributed by atoms with Crippen LogP contribution in [0.3, 0.4) is 0 Å². The van der Waals surface area contributed by atoms with Crippen LogP contribution in [-0.4, -0.2) is 17.6 Å². The minimum Gasteiger partial charge on any atom is -0.459 e. The van der Waals surface area contributed by atoms with Gasteiger partial charge in [0.15, 0.2) is 0 Å². The molecular formula is C18H25NO2. The topological polar surface area (TPSA) is 38.3 Å². The molecule has 0 aromatic heterocycles. The molecule has 0 radical (unpaired) electrons. The van der Waals surface area contributed by atoms with Crippen LogP contribution < -0.4 is 5.32 Å². The lowest BCUT2D eigenvalue weighted by Gasteiger charge is -2.37. The number of hydrogen-bond acceptors (Lipinski definition) is 3. The van der Waals surface area contributed by atoms with Crippen LogP contribution in [0, 0.1) is 11.8 Å². The predicted molar refractivity (Wildman–Crippen MR) is 82.7 cm³/mol. The standard InChI is InChI=1S/C18H25NO2/c1-13(2)19-18(11-15-8-9-16(18)10-15)17(20)21-12-14-6-4-3-5-7-14/h3-7,13,15-16,19H,8-12H2,1-2H3. The summed E-state index contributed by atoms with van der Waals surface area (Å²) in [6.45, 7) is 4.59. The molecule has 21 heavy (non-hydrogen) atoms. The highest BCUT2D eigenvalue weighted by atomic mass is 16.5. The molecule has 2 bridgehead atoms. The molecule has 0 heterocycles. The number of ether oxygens (including phenoxy) is 1. The summed E-state index contributed by atoms with van der Waals surface area (Å²) < 4.78 is 5.67. The van der Waals surface area contributed by atoms with Gasteiger partial charge in [-0.25, -0.2) is 0 Å². The molecule has 0 saturated heterocycles. The fraction of sp³-hybridized carbons (Fsp3) is 0.611. The first-order valence-electron chi connectivity index (χ1n) is 8.09. The summed E-state index contributed by atoms with van der Waals surface area (Å²) in [6.07, 6.45) is 4.56. The minimum absolute atomic E-state index is 0.0488. The zero-order valence-corrected chi connectivity index (χ0v) is 13.0. The van der Waals surface area contributed by atoms with E-state index >= 15 is 0 Å². The molecule has 0 aliphatic heterocycles. The van der Waals surface area contributed by atoms with E-state index in [9.17, 15) is 4.79 Å². The van der Waals surface area contributed by atoms with Crippen LogP contribution in [0.1, 0.15) is 45.1 Å². The van der Waals surface area contributed by atoms with Crippen LogP contribution >= 0.6 is 0 Å². The first-order chi connectivity index (χ1) is 10.1. The molecule has 2 saturated carbocycles. The Hall–Kier alpha value is -1.35. The fourth-order valence-corrected chi connectivity index (χ4v) is 4.18. The number of nitrogens with one attached hydrogen (secondary N) is 1. The van der Waals surface area contributed by atoms with E-state index in [1.165, 1.54) is 12.8 Å². The van der Waals surface area contributed by atoms with E-state index in [1.807, 2.05) is 30.3 Å². The van der Waals surface area contributed by atoms with Crippen LogP contribution in [-0.2, 0) is 16.1 Å². The maximum atomic E-state index is 12.8. The number of fused-ring (bicyclic) bond motifs is 2. The number of hydrogen-bond donors (Lipinski definition) is 1. The van der Waals surface area contributed by atoms with Gasteiger partial charge in [0.1, 0.15) is 12.1 Å². The Morgan fingerprint density at radius 1 is 1.33 bits per heavy atom. The van der Waals surface area contributed by atoms with E-state index in [2.05, 4.69) is 19.2 Å². The molecular weight excluding hydrogens is 262 g/mol. The molecule has 0 amide bonds. The molecule has 2 aliphatic carbocycles. The molecule has 1 aromatic carbocycles. The summed E-state index contributed by atoms with van der Waals surface area (Å²) in [4.78, 5) is 12.8. The van der Waals surface area contributed by atoms with E-state index in [0.29, 0.717) is 24.5 Å². The van der Waals surface area contributed by atoms with Gasteiger partial charge in [0.2, 0.25) is 0 Å². The number of carbonyl (C=O) groups is 1. The average Bonchev–Trinajstić information content (AvgIpc) is 3.06. The van der Waals surface area contributed by atoms with Gasteiger partial charge < -0.3 is 4.74 Å². The predicted octanol–water partition coefficient (Wildman–Crippen LogP) is 3.29. The Bertz CT molecular complexity index is 499. The molecule has 3 rings (SSSR count). The van der Waals surface area contributed by atoms with Gasteiger partial charge in [0.05, 0.1) is 0 Å². The lowest BCUT2D eigenvalue weighted by Crippen LogP contribution is -2.58. The molecule has 2 aliphatic rings. The third-order valence-electron chi connectivity index (χ3n) is 4.97. The van der Waals surface area contributed by atoms with Crippen LogP contribution in [0.4, 0.5) is 0 Å². The van der Waals surface area contributed by atoms with E-state index in [-0.39, 0.29) is 5.97 Å². The van der Waals surface area contributed by atoms with Gasteiger partial charge >= 0.3 is 5.97 Å². The molecule has 3 atom stereocenters. The largest absolute Gasteiger partial charge is 0.459 e. The Kier molecular flexibility index (Phi) is 4.03. The normalized spacial score (nSPS) is 30.8. The molecule has 114 valence electrons.